The number of hydrogen-bond donors (Lipinski definition) is 1. The fourth-order valence-electron chi connectivity index (χ4n) is 1.71. The summed E-state index contributed by atoms with van der Waals surface area (Å²) in [5, 5.41) is 13.0. The highest BCUT2D eigenvalue weighted by molar-refractivity contribution is 7.15. The van der Waals surface area contributed by atoms with Crippen molar-refractivity contribution in [3.8, 4) is 0 Å². The molecule has 1 N–H and O–H groups in total. The Labute approximate surface area is 125 Å². The molecule has 0 aliphatic heterocycles. The lowest BCUT2D eigenvalue weighted by Crippen LogP contribution is -2.07. The summed E-state index contributed by atoms with van der Waals surface area (Å²) < 4.78 is 0. The summed E-state index contributed by atoms with van der Waals surface area (Å²) in [5.74, 6) is 0.337. The molecule has 0 unspecified atom stereocenters. The van der Waals surface area contributed by atoms with Crippen molar-refractivity contribution in [2.45, 2.75) is 18.8 Å². The van der Waals surface area contributed by atoms with E-state index in [1.807, 2.05) is 12.1 Å². The van der Waals surface area contributed by atoms with Crippen molar-refractivity contribution in [1.82, 2.24) is 10.2 Å². The number of rotatable bonds is 4. The fraction of sp³-hybridized carbons (Fsp3) is 0.214. The molecule has 0 bridgehead atoms. The molecule has 0 atom stereocenters. The molecule has 1 aliphatic rings. The first-order valence-corrected chi connectivity index (χ1v) is 7.48. The predicted octanol–water partition coefficient (Wildman–Crippen LogP) is 3.72. The van der Waals surface area contributed by atoms with E-state index in [2.05, 4.69) is 15.5 Å². The van der Waals surface area contributed by atoms with Crippen LogP contribution in [0.4, 0.5) is 5.13 Å². The van der Waals surface area contributed by atoms with Crippen molar-refractivity contribution >= 4 is 40.1 Å². The van der Waals surface area contributed by atoms with Crippen LogP contribution < -0.4 is 5.32 Å². The van der Waals surface area contributed by atoms with Gasteiger partial charge in [-0.3, -0.25) is 10.1 Å². The number of carbonyl (C=O) groups is 1. The van der Waals surface area contributed by atoms with E-state index in [-0.39, 0.29) is 5.91 Å². The minimum absolute atomic E-state index is 0.219. The van der Waals surface area contributed by atoms with Crippen LogP contribution in [0.25, 0.3) is 6.08 Å². The lowest BCUT2D eigenvalue weighted by molar-refractivity contribution is -0.111. The van der Waals surface area contributed by atoms with Crippen molar-refractivity contribution < 1.29 is 4.79 Å². The molecular formula is C14H12ClN3OS. The van der Waals surface area contributed by atoms with Crippen molar-refractivity contribution in [2.24, 2.45) is 0 Å². The summed E-state index contributed by atoms with van der Waals surface area (Å²) in [6.07, 6.45) is 5.53. The van der Waals surface area contributed by atoms with Crippen LogP contribution in [0.5, 0.6) is 0 Å². The fourth-order valence-corrected chi connectivity index (χ4v) is 2.82. The molecule has 1 aromatic heterocycles. The molecule has 1 aliphatic carbocycles. The first kappa shape index (κ1) is 13.3. The molecule has 6 heteroatoms. The standard InChI is InChI=1S/C14H12ClN3OS/c15-11-3-1-2-9(8-11)4-7-12(19)16-14-18-17-13(20-14)10-5-6-10/h1-4,7-8,10H,5-6H2,(H,16,18,19). The van der Waals surface area contributed by atoms with E-state index in [9.17, 15) is 4.79 Å². The first-order chi connectivity index (χ1) is 9.70. The summed E-state index contributed by atoms with van der Waals surface area (Å²) in [6.45, 7) is 0. The third kappa shape index (κ3) is 3.43. The number of hydrogen-bond acceptors (Lipinski definition) is 4. The number of benzene rings is 1. The summed E-state index contributed by atoms with van der Waals surface area (Å²) in [5.41, 5.74) is 0.878. The monoisotopic (exact) mass is 305 g/mol. The summed E-state index contributed by atoms with van der Waals surface area (Å²) in [7, 11) is 0. The van der Waals surface area contributed by atoms with E-state index in [1.165, 1.54) is 30.3 Å². The summed E-state index contributed by atoms with van der Waals surface area (Å²) in [6, 6.07) is 7.31. The molecule has 0 spiro atoms. The molecule has 1 aromatic carbocycles. The predicted molar refractivity (Wildman–Crippen MR) is 81.0 cm³/mol. The Bertz CT molecular complexity index is 664. The normalized spacial score (nSPS) is 14.7. The second kappa shape index (κ2) is 5.73. The number of carbonyl (C=O) groups excluding carboxylic acids is 1. The SMILES string of the molecule is O=C(C=Cc1cccc(Cl)c1)Nc1nnc(C2CC2)s1. The Hall–Kier alpha value is -1.72. The van der Waals surface area contributed by atoms with E-state index < -0.39 is 0 Å². The highest BCUT2D eigenvalue weighted by Gasteiger charge is 2.27. The van der Waals surface area contributed by atoms with Gasteiger partial charge < -0.3 is 0 Å². The van der Waals surface area contributed by atoms with Gasteiger partial charge in [0.05, 0.1) is 0 Å². The van der Waals surface area contributed by atoms with E-state index in [0.717, 1.165) is 10.6 Å². The lowest BCUT2D eigenvalue weighted by atomic mass is 10.2. The third-order valence-corrected chi connectivity index (χ3v) is 4.11. The molecule has 2 aromatic rings. The largest absolute Gasteiger partial charge is 0.297 e. The second-order valence-corrected chi connectivity index (χ2v) is 6.04. The van der Waals surface area contributed by atoms with Gasteiger partial charge in [-0.15, -0.1) is 10.2 Å². The van der Waals surface area contributed by atoms with Gasteiger partial charge in [0, 0.05) is 17.0 Å². The molecule has 0 radical (unpaired) electrons. The summed E-state index contributed by atoms with van der Waals surface area (Å²) in [4.78, 5) is 11.8. The molecule has 20 heavy (non-hydrogen) atoms. The van der Waals surface area contributed by atoms with Gasteiger partial charge >= 0.3 is 0 Å². The van der Waals surface area contributed by atoms with E-state index >= 15 is 0 Å². The van der Waals surface area contributed by atoms with Crippen LogP contribution in [-0.4, -0.2) is 16.1 Å². The van der Waals surface area contributed by atoms with Gasteiger partial charge in [0.25, 0.3) is 0 Å². The van der Waals surface area contributed by atoms with E-state index in [0.29, 0.717) is 16.1 Å². The Kier molecular flexibility index (Phi) is 3.80. The Morgan fingerprint density at radius 3 is 3.00 bits per heavy atom. The van der Waals surface area contributed by atoms with Gasteiger partial charge in [-0.2, -0.15) is 0 Å². The van der Waals surface area contributed by atoms with Gasteiger partial charge in [-0.25, -0.2) is 0 Å². The number of halogens is 1. The van der Waals surface area contributed by atoms with Crippen LogP contribution >= 0.6 is 22.9 Å². The number of nitrogens with one attached hydrogen (secondary N) is 1. The quantitative estimate of drug-likeness (QED) is 0.876. The summed E-state index contributed by atoms with van der Waals surface area (Å²) >= 11 is 7.32. The van der Waals surface area contributed by atoms with Crippen molar-refractivity contribution in [2.75, 3.05) is 5.32 Å². The molecule has 102 valence electrons. The van der Waals surface area contributed by atoms with Gasteiger partial charge in [0.1, 0.15) is 5.01 Å². The van der Waals surface area contributed by atoms with Crippen LogP contribution in [0, 0.1) is 0 Å². The second-order valence-electron chi connectivity index (χ2n) is 4.60. The maximum Gasteiger partial charge on any atom is 0.250 e. The average Bonchev–Trinajstić information content (AvgIpc) is 3.18. The van der Waals surface area contributed by atoms with Crippen molar-refractivity contribution in [3.05, 3.63) is 45.9 Å². The van der Waals surface area contributed by atoms with Crippen molar-refractivity contribution in [3.63, 3.8) is 0 Å². The minimum Gasteiger partial charge on any atom is -0.297 e. The van der Waals surface area contributed by atoms with Gasteiger partial charge in [0.2, 0.25) is 11.0 Å². The van der Waals surface area contributed by atoms with Gasteiger partial charge in [0.15, 0.2) is 0 Å². The topological polar surface area (TPSA) is 54.9 Å². The lowest BCUT2D eigenvalue weighted by Gasteiger charge is -1.96. The van der Waals surface area contributed by atoms with E-state index in [4.69, 9.17) is 11.6 Å². The minimum atomic E-state index is -0.219. The van der Waals surface area contributed by atoms with Crippen LogP contribution in [0.3, 0.4) is 0 Å². The maximum absolute atomic E-state index is 11.8. The zero-order valence-corrected chi connectivity index (χ0v) is 12.1. The number of anilines is 1. The number of nitrogens with zero attached hydrogens (tertiary/aromatic N) is 2. The van der Waals surface area contributed by atoms with Crippen LogP contribution in [0.1, 0.15) is 29.3 Å². The Morgan fingerprint density at radius 2 is 2.25 bits per heavy atom. The average molecular weight is 306 g/mol. The molecule has 1 fully saturated rings. The van der Waals surface area contributed by atoms with Crippen LogP contribution in [-0.2, 0) is 4.79 Å². The van der Waals surface area contributed by atoms with Gasteiger partial charge in [-0.1, -0.05) is 35.1 Å². The van der Waals surface area contributed by atoms with Gasteiger partial charge in [-0.05, 0) is 36.6 Å². The van der Waals surface area contributed by atoms with Crippen molar-refractivity contribution in [1.29, 1.82) is 0 Å². The van der Waals surface area contributed by atoms with E-state index in [1.54, 1.807) is 18.2 Å². The zero-order chi connectivity index (χ0) is 13.9. The molecule has 0 saturated heterocycles. The molecular weight excluding hydrogens is 294 g/mol. The number of aromatic nitrogens is 2. The van der Waals surface area contributed by atoms with Crippen LogP contribution in [0.15, 0.2) is 30.3 Å². The molecule has 3 rings (SSSR count). The molecule has 1 amide bonds. The van der Waals surface area contributed by atoms with Crippen LogP contribution in [0.2, 0.25) is 5.02 Å². The smallest absolute Gasteiger partial charge is 0.250 e. The zero-order valence-electron chi connectivity index (χ0n) is 10.5. The third-order valence-electron chi connectivity index (χ3n) is 2.87. The highest BCUT2D eigenvalue weighted by Crippen LogP contribution is 2.41. The molecule has 1 saturated carbocycles. The first-order valence-electron chi connectivity index (χ1n) is 6.29. The Balaban J connectivity index is 1.61. The number of amides is 1. The highest BCUT2D eigenvalue weighted by atomic mass is 35.5. The molecule has 1 heterocycles. The molecule has 4 nitrogen and oxygen atoms in total. The maximum atomic E-state index is 11.8. The Morgan fingerprint density at radius 1 is 1.40 bits per heavy atom.